The smallest absolute Gasteiger partial charge is 0.419 e. The zero-order chi connectivity index (χ0) is 17.5. The molecule has 7 nitrogen and oxygen atoms in total. The van der Waals surface area contributed by atoms with Gasteiger partial charge in [0, 0.05) is 11.6 Å². The Morgan fingerprint density at radius 2 is 2.04 bits per heavy atom. The van der Waals surface area contributed by atoms with Gasteiger partial charge in [-0.1, -0.05) is 18.2 Å². The third-order valence-corrected chi connectivity index (χ3v) is 4.69. The molecule has 130 valence electrons. The Balaban J connectivity index is 2.05. The van der Waals surface area contributed by atoms with Crippen molar-refractivity contribution in [2.45, 2.75) is 38.8 Å². The standard InChI is InChI=1S/C16H20N2O5S/c1-16(2,3)23-15(19)18-10-12(11-6-4-5-7-14(11)18)13-8-9-22-24(20,21)17-13/h4-7,10,13,17H,8-9H2,1-3H3/t13-/m0/s1. The molecule has 1 aliphatic rings. The highest BCUT2D eigenvalue weighted by Crippen LogP contribution is 2.31. The minimum Gasteiger partial charge on any atom is -0.443 e. The largest absolute Gasteiger partial charge is 0.443 e. The first-order valence-corrected chi connectivity index (χ1v) is 9.07. The normalized spacial score (nSPS) is 20.9. The number of para-hydroxylation sites is 1. The van der Waals surface area contributed by atoms with Crippen molar-refractivity contribution in [3.63, 3.8) is 0 Å². The van der Waals surface area contributed by atoms with Crippen molar-refractivity contribution >= 4 is 27.3 Å². The van der Waals surface area contributed by atoms with Crippen molar-refractivity contribution in [1.29, 1.82) is 0 Å². The second kappa shape index (κ2) is 5.87. The van der Waals surface area contributed by atoms with Gasteiger partial charge in [-0.25, -0.2) is 4.79 Å². The number of carbonyl (C=O) groups excluding carboxylic acids is 1. The average molecular weight is 352 g/mol. The van der Waals surface area contributed by atoms with Gasteiger partial charge in [0.15, 0.2) is 0 Å². The highest BCUT2D eigenvalue weighted by molar-refractivity contribution is 7.84. The average Bonchev–Trinajstić information content (AvgIpc) is 2.84. The molecule has 1 N–H and O–H groups in total. The van der Waals surface area contributed by atoms with Crippen LogP contribution in [0.5, 0.6) is 0 Å². The molecule has 0 unspecified atom stereocenters. The van der Waals surface area contributed by atoms with E-state index in [1.54, 1.807) is 33.0 Å². The van der Waals surface area contributed by atoms with Crippen molar-refractivity contribution in [1.82, 2.24) is 9.29 Å². The summed E-state index contributed by atoms with van der Waals surface area (Å²) in [7, 11) is -3.76. The van der Waals surface area contributed by atoms with Crippen LogP contribution in [0.25, 0.3) is 10.9 Å². The number of nitrogens with zero attached hydrogens (tertiary/aromatic N) is 1. The Kier molecular flexibility index (Phi) is 4.15. The molecular weight excluding hydrogens is 332 g/mol. The summed E-state index contributed by atoms with van der Waals surface area (Å²) in [4.78, 5) is 12.5. The maximum absolute atomic E-state index is 12.5. The molecule has 0 spiro atoms. The predicted octanol–water partition coefficient (Wildman–Crippen LogP) is 2.72. The molecule has 1 aromatic carbocycles. The lowest BCUT2D eigenvalue weighted by molar-refractivity contribution is 0.0544. The van der Waals surface area contributed by atoms with Gasteiger partial charge in [-0.05, 0) is 38.8 Å². The number of fused-ring (bicyclic) bond motifs is 1. The Morgan fingerprint density at radius 3 is 2.71 bits per heavy atom. The summed E-state index contributed by atoms with van der Waals surface area (Å²) in [6.45, 7) is 5.49. The molecule has 0 aliphatic carbocycles. The zero-order valence-corrected chi connectivity index (χ0v) is 14.6. The molecule has 2 aromatic rings. The second-order valence-electron chi connectivity index (χ2n) is 6.69. The van der Waals surface area contributed by atoms with Crippen LogP contribution in [0.1, 0.15) is 38.8 Å². The first-order valence-electron chi connectivity index (χ1n) is 7.66. The summed E-state index contributed by atoms with van der Waals surface area (Å²) >= 11 is 0. The van der Waals surface area contributed by atoms with Crippen LogP contribution in [0.2, 0.25) is 0 Å². The lowest BCUT2D eigenvalue weighted by Gasteiger charge is -2.22. The van der Waals surface area contributed by atoms with Crippen LogP contribution in [0.15, 0.2) is 30.5 Å². The summed E-state index contributed by atoms with van der Waals surface area (Å²) in [5.74, 6) is 0. The van der Waals surface area contributed by atoms with Crippen molar-refractivity contribution < 1.29 is 22.1 Å². The van der Waals surface area contributed by atoms with Crippen LogP contribution >= 0.6 is 0 Å². The van der Waals surface area contributed by atoms with Gasteiger partial charge in [0.1, 0.15) is 5.60 Å². The van der Waals surface area contributed by atoms with Crippen molar-refractivity contribution in [2.24, 2.45) is 0 Å². The SMILES string of the molecule is CC(C)(C)OC(=O)n1cc([C@@H]2CCOS(=O)(=O)N2)c2ccccc21. The number of benzene rings is 1. The molecular formula is C16H20N2O5S. The second-order valence-corrected chi connectivity index (χ2v) is 8.07. The van der Waals surface area contributed by atoms with Gasteiger partial charge in [-0.3, -0.25) is 8.75 Å². The highest BCUT2D eigenvalue weighted by atomic mass is 32.2. The van der Waals surface area contributed by atoms with E-state index in [9.17, 15) is 13.2 Å². The Labute approximate surface area is 140 Å². The number of carbonyl (C=O) groups is 1. The first-order chi connectivity index (χ1) is 11.2. The van der Waals surface area contributed by atoms with E-state index in [4.69, 9.17) is 8.92 Å². The monoisotopic (exact) mass is 352 g/mol. The van der Waals surface area contributed by atoms with Gasteiger partial charge in [-0.15, -0.1) is 0 Å². The molecule has 0 radical (unpaired) electrons. The number of hydrogen-bond donors (Lipinski definition) is 1. The molecule has 1 saturated heterocycles. The molecule has 1 atom stereocenters. The molecule has 0 saturated carbocycles. The van der Waals surface area contributed by atoms with E-state index in [1.807, 2.05) is 18.2 Å². The van der Waals surface area contributed by atoms with Crippen molar-refractivity contribution in [2.75, 3.05) is 6.61 Å². The fraction of sp³-hybridized carbons (Fsp3) is 0.438. The number of rotatable bonds is 1. The third-order valence-electron chi connectivity index (χ3n) is 3.64. The fourth-order valence-electron chi connectivity index (χ4n) is 2.71. The first kappa shape index (κ1) is 16.9. The lowest BCUT2D eigenvalue weighted by atomic mass is 10.0. The lowest BCUT2D eigenvalue weighted by Crippen LogP contribution is -2.36. The molecule has 1 aromatic heterocycles. The number of hydrogen-bond acceptors (Lipinski definition) is 5. The summed E-state index contributed by atoms with van der Waals surface area (Å²) in [5, 5.41) is 0.804. The molecule has 2 heterocycles. The molecule has 1 fully saturated rings. The van der Waals surface area contributed by atoms with Gasteiger partial charge in [-0.2, -0.15) is 13.1 Å². The van der Waals surface area contributed by atoms with Crippen LogP contribution in [0.3, 0.4) is 0 Å². The summed E-state index contributed by atoms with van der Waals surface area (Å²) in [6, 6.07) is 6.88. The molecule has 8 heteroatoms. The van der Waals surface area contributed by atoms with Crippen LogP contribution < -0.4 is 4.72 Å². The van der Waals surface area contributed by atoms with Crippen molar-refractivity contribution in [3.8, 4) is 0 Å². The minimum atomic E-state index is -3.76. The van der Waals surface area contributed by atoms with Crippen LogP contribution in [0.4, 0.5) is 4.79 Å². The maximum atomic E-state index is 12.5. The maximum Gasteiger partial charge on any atom is 0.419 e. The number of aromatic nitrogens is 1. The predicted molar refractivity (Wildman–Crippen MR) is 88.9 cm³/mol. The van der Waals surface area contributed by atoms with Crippen LogP contribution in [-0.4, -0.2) is 31.3 Å². The van der Waals surface area contributed by atoms with E-state index in [0.717, 1.165) is 10.9 Å². The van der Waals surface area contributed by atoms with E-state index in [0.29, 0.717) is 11.9 Å². The minimum absolute atomic E-state index is 0.103. The van der Waals surface area contributed by atoms with E-state index >= 15 is 0 Å². The molecule has 1 aliphatic heterocycles. The van der Waals surface area contributed by atoms with E-state index < -0.39 is 28.0 Å². The summed E-state index contributed by atoms with van der Waals surface area (Å²) in [6.07, 6.45) is 1.62. The van der Waals surface area contributed by atoms with Gasteiger partial charge < -0.3 is 4.74 Å². The van der Waals surface area contributed by atoms with E-state index in [-0.39, 0.29) is 6.61 Å². The van der Waals surface area contributed by atoms with Crippen LogP contribution in [0, 0.1) is 0 Å². The van der Waals surface area contributed by atoms with E-state index in [2.05, 4.69) is 4.72 Å². The highest BCUT2D eigenvalue weighted by Gasteiger charge is 2.29. The Hall–Kier alpha value is -1.90. The Bertz CT molecular complexity index is 879. The molecule has 0 amide bonds. The zero-order valence-electron chi connectivity index (χ0n) is 13.8. The summed E-state index contributed by atoms with van der Waals surface area (Å²) < 4.78 is 37.4. The molecule has 3 rings (SSSR count). The van der Waals surface area contributed by atoms with Crippen molar-refractivity contribution in [3.05, 3.63) is 36.0 Å². The molecule has 0 bridgehead atoms. The van der Waals surface area contributed by atoms with E-state index in [1.165, 1.54) is 4.57 Å². The molecule has 24 heavy (non-hydrogen) atoms. The summed E-state index contributed by atoms with van der Waals surface area (Å²) in [5.41, 5.74) is 0.777. The number of nitrogens with one attached hydrogen (secondary N) is 1. The Morgan fingerprint density at radius 1 is 1.33 bits per heavy atom. The quantitative estimate of drug-likeness (QED) is 0.853. The fourth-order valence-corrected chi connectivity index (χ4v) is 3.68. The van der Waals surface area contributed by atoms with Gasteiger partial charge >= 0.3 is 16.4 Å². The third kappa shape index (κ3) is 3.45. The van der Waals surface area contributed by atoms with Crippen LogP contribution in [-0.2, 0) is 19.2 Å². The van der Waals surface area contributed by atoms with Gasteiger partial charge in [0.25, 0.3) is 0 Å². The van der Waals surface area contributed by atoms with Gasteiger partial charge in [0.05, 0.1) is 18.2 Å². The van der Waals surface area contributed by atoms with Gasteiger partial charge in [0.2, 0.25) is 0 Å². The topological polar surface area (TPSA) is 86.6 Å². The number of ether oxygens (including phenoxy) is 1.